The third-order valence-corrected chi connectivity index (χ3v) is 14.6. The first-order valence-electron chi connectivity index (χ1n) is 24.9. The summed E-state index contributed by atoms with van der Waals surface area (Å²) in [6, 6.07) is 82.6. The Morgan fingerprint density at radius 3 is 1.71 bits per heavy atom. The molecule has 0 amide bonds. The summed E-state index contributed by atoms with van der Waals surface area (Å²) in [4.78, 5) is 18.1. The normalized spacial score (nSPS) is 13.3. The third-order valence-electron chi connectivity index (χ3n) is 14.6. The van der Waals surface area contributed by atoms with Gasteiger partial charge in [0.15, 0.2) is 11.6 Å². The van der Waals surface area contributed by atoms with E-state index in [0.717, 1.165) is 68.4 Å². The number of benzene rings is 9. The standard InChI is InChI=1S/C66H50N6/c1-4-43(2)62(45-24-10-5-11-25-45)72(49-32-18-9-19-33-49)63-44(3)70(48-30-16-8-17-31-48)60-41-56-52-35-22-23-37-58(52)71(59(56)42-57(60)63)50-38-39-54-55(40-50)51-34-20-21-36-53(51)61(54)66-68-64(46-26-12-6-13-27-46)67-65(69-66)47-28-14-7-15-29-47/h5-42,61H,4H2,1-3H3. The lowest BCUT2D eigenvalue weighted by atomic mass is 9.95. The van der Waals surface area contributed by atoms with Gasteiger partial charge in [-0.05, 0) is 108 Å². The lowest BCUT2D eigenvalue weighted by Crippen LogP contribution is -2.18. The Hall–Kier alpha value is -9.13. The Balaban J connectivity index is 1.06. The number of allylic oxidation sites excluding steroid dienone is 1. The predicted octanol–water partition coefficient (Wildman–Crippen LogP) is 16.7. The molecule has 0 saturated heterocycles. The van der Waals surface area contributed by atoms with Gasteiger partial charge in [-0.1, -0.05) is 183 Å². The lowest BCUT2D eigenvalue weighted by Gasteiger charge is -2.30. The van der Waals surface area contributed by atoms with Crippen molar-refractivity contribution in [2.75, 3.05) is 4.90 Å². The SMILES string of the molecule is CCC(C)=C(c1ccccc1)N(c1ccccc1)c1c(C)n(-c2ccccc2)c2cc3c4ccccc4n(-c4ccc5c(c4)-c4ccccc4C5c4nc(-c5ccccc5)nc(-c5ccccc5)n4)c3cc12. The fraction of sp³-hybridized carbons (Fsp3) is 0.0758. The smallest absolute Gasteiger partial charge is 0.163 e. The number of hydrogen-bond acceptors (Lipinski definition) is 4. The highest BCUT2D eigenvalue weighted by Gasteiger charge is 2.34. The largest absolute Gasteiger partial charge is 0.312 e. The first-order chi connectivity index (χ1) is 35.5. The van der Waals surface area contributed by atoms with Crippen molar-refractivity contribution in [3.63, 3.8) is 0 Å². The van der Waals surface area contributed by atoms with Gasteiger partial charge in [0.05, 0.1) is 33.9 Å². The molecule has 3 heterocycles. The predicted molar refractivity (Wildman–Crippen MR) is 297 cm³/mol. The van der Waals surface area contributed by atoms with Crippen molar-refractivity contribution in [3.8, 4) is 45.3 Å². The van der Waals surface area contributed by atoms with Crippen molar-refractivity contribution in [3.05, 3.63) is 264 Å². The number of hydrogen-bond donors (Lipinski definition) is 0. The maximum Gasteiger partial charge on any atom is 0.163 e. The molecular formula is C66H50N6. The molecule has 13 rings (SSSR count). The molecule has 1 atom stereocenters. The van der Waals surface area contributed by atoms with Gasteiger partial charge in [-0.15, -0.1) is 0 Å². The van der Waals surface area contributed by atoms with Crippen LogP contribution in [-0.2, 0) is 0 Å². The van der Waals surface area contributed by atoms with Crippen LogP contribution in [0.3, 0.4) is 0 Å². The van der Waals surface area contributed by atoms with Gasteiger partial charge in [0.25, 0.3) is 0 Å². The molecule has 0 saturated carbocycles. The number of fused-ring (bicyclic) bond motifs is 7. The van der Waals surface area contributed by atoms with E-state index in [4.69, 9.17) is 15.0 Å². The van der Waals surface area contributed by atoms with Crippen molar-refractivity contribution >= 4 is 49.8 Å². The molecule has 72 heavy (non-hydrogen) atoms. The minimum absolute atomic E-state index is 0.193. The van der Waals surface area contributed by atoms with Gasteiger partial charge in [-0.25, -0.2) is 15.0 Å². The van der Waals surface area contributed by atoms with Crippen molar-refractivity contribution in [1.82, 2.24) is 24.1 Å². The van der Waals surface area contributed by atoms with E-state index in [-0.39, 0.29) is 5.92 Å². The molecule has 6 heteroatoms. The number of aromatic nitrogens is 5. The Labute approximate surface area is 419 Å². The average molecular weight is 927 g/mol. The van der Waals surface area contributed by atoms with Gasteiger partial charge >= 0.3 is 0 Å². The van der Waals surface area contributed by atoms with Crippen LogP contribution in [0.1, 0.15) is 54.4 Å². The third kappa shape index (κ3) is 7.05. The van der Waals surface area contributed by atoms with Crippen LogP contribution >= 0.6 is 0 Å². The monoisotopic (exact) mass is 926 g/mol. The summed E-state index contributed by atoms with van der Waals surface area (Å²) in [5.74, 6) is 1.87. The van der Waals surface area contributed by atoms with Gasteiger partial charge in [0, 0.05) is 50.0 Å². The van der Waals surface area contributed by atoms with E-state index in [9.17, 15) is 0 Å². The van der Waals surface area contributed by atoms with E-state index in [1.165, 1.54) is 55.2 Å². The summed E-state index contributed by atoms with van der Waals surface area (Å²) in [7, 11) is 0. The Kier molecular flexibility index (Phi) is 10.5. The van der Waals surface area contributed by atoms with Crippen molar-refractivity contribution in [2.24, 2.45) is 0 Å². The summed E-state index contributed by atoms with van der Waals surface area (Å²) in [5, 5.41) is 3.56. The molecule has 1 aliphatic rings. The van der Waals surface area contributed by atoms with Crippen LogP contribution in [0.25, 0.3) is 83.7 Å². The van der Waals surface area contributed by atoms with Crippen LogP contribution in [-0.4, -0.2) is 24.1 Å². The maximum atomic E-state index is 5.28. The quantitative estimate of drug-likeness (QED) is 0.137. The molecule has 1 unspecified atom stereocenters. The fourth-order valence-corrected chi connectivity index (χ4v) is 11.2. The first kappa shape index (κ1) is 42.9. The summed E-state index contributed by atoms with van der Waals surface area (Å²) in [5.41, 5.74) is 19.4. The minimum Gasteiger partial charge on any atom is -0.312 e. The molecule has 9 aromatic carbocycles. The molecular weight excluding hydrogens is 877 g/mol. The summed E-state index contributed by atoms with van der Waals surface area (Å²) < 4.78 is 4.93. The van der Waals surface area contributed by atoms with E-state index >= 15 is 0 Å². The first-order valence-corrected chi connectivity index (χ1v) is 24.9. The van der Waals surface area contributed by atoms with E-state index in [1.807, 2.05) is 36.4 Å². The van der Waals surface area contributed by atoms with Crippen LogP contribution in [0.2, 0.25) is 0 Å². The molecule has 0 radical (unpaired) electrons. The maximum absolute atomic E-state index is 5.28. The highest BCUT2D eigenvalue weighted by Crippen LogP contribution is 2.50. The van der Waals surface area contributed by atoms with Gasteiger partial charge in [0.2, 0.25) is 0 Å². The van der Waals surface area contributed by atoms with E-state index in [0.29, 0.717) is 11.6 Å². The number of rotatable bonds is 10. The number of nitrogens with zero attached hydrogens (tertiary/aromatic N) is 6. The zero-order valence-corrected chi connectivity index (χ0v) is 40.4. The molecule has 12 aromatic rings. The highest BCUT2D eigenvalue weighted by molar-refractivity contribution is 6.17. The zero-order valence-electron chi connectivity index (χ0n) is 40.4. The molecule has 6 nitrogen and oxygen atoms in total. The minimum atomic E-state index is -0.193. The van der Waals surface area contributed by atoms with Crippen LogP contribution in [0.15, 0.2) is 236 Å². The Morgan fingerprint density at radius 2 is 1.03 bits per heavy atom. The summed E-state index contributed by atoms with van der Waals surface area (Å²) in [6.07, 6.45) is 0.903. The van der Waals surface area contributed by atoms with Crippen molar-refractivity contribution in [2.45, 2.75) is 33.1 Å². The number of anilines is 2. The zero-order chi connectivity index (χ0) is 48.3. The number of para-hydroxylation sites is 3. The van der Waals surface area contributed by atoms with Gasteiger partial charge in [0.1, 0.15) is 5.82 Å². The molecule has 0 bridgehead atoms. The van der Waals surface area contributed by atoms with Gasteiger partial charge in [-0.2, -0.15) is 0 Å². The summed E-state index contributed by atoms with van der Waals surface area (Å²) >= 11 is 0. The van der Waals surface area contributed by atoms with Crippen molar-refractivity contribution < 1.29 is 0 Å². The molecule has 3 aromatic heterocycles. The Morgan fingerprint density at radius 1 is 0.472 bits per heavy atom. The molecule has 0 N–H and O–H groups in total. The second-order valence-corrected chi connectivity index (χ2v) is 18.7. The molecule has 0 spiro atoms. The summed E-state index contributed by atoms with van der Waals surface area (Å²) in [6.45, 7) is 6.82. The van der Waals surface area contributed by atoms with Crippen LogP contribution in [0.5, 0.6) is 0 Å². The molecule has 0 aliphatic heterocycles. The van der Waals surface area contributed by atoms with Gasteiger partial charge in [-0.3, -0.25) is 0 Å². The highest BCUT2D eigenvalue weighted by atomic mass is 15.2. The second kappa shape index (κ2) is 17.7. The fourth-order valence-electron chi connectivity index (χ4n) is 11.2. The Bertz CT molecular complexity index is 3970. The van der Waals surface area contributed by atoms with E-state index in [1.54, 1.807) is 0 Å². The second-order valence-electron chi connectivity index (χ2n) is 18.7. The molecule has 0 fully saturated rings. The van der Waals surface area contributed by atoms with Crippen LogP contribution in [0.4, 0.5) is 11.4 Å². The molecule has 1 aliphatic carbocycles. The van der Waals surface area contributed by atoms with Crippen LogP contribution in [0, 0.1) is 6.92 Å². The molecule has 344 valence electrons. The topological polar surface area (TPSA) is 51.8 Å². The van der Waals surface area contributed by atoms with Gasteiger partial charge < -0.3 is 14.0 Å². The van der Waals surface area contributed by atoms with E-state index < -0.39 is 0 Å². The van der Waals surface area contributed by atoms with Crippen molar-refractivity contribution in [1.29, 1.82) is 0 Å². The lowest BCUT2D eigenvalue weighted by molar-refractivity contribution is 0.855. The van der Waals surface area contributed by atoms with Crippen LogP contribution < -0.4 is 4.90 Å². The van der Waals surface area contributed by atoms with E-state index in [2.05, 4.69) is 229 Å². The average Bonchev–Trinajstić information content (AvgIpc) is 4.06.